The van der Waals surface area contributed by atoms with Crippen molar-refractivity contribution in [3.63, 3.8) is 0 Å². The van der Waals surface area contributed by atoms with Crippen LogP contribution in [0.15, 0.2) is 24.3 Å². The van der Waals surface area contributed by atoms with E-state index in [1.807, 2.05) is 6.08 Å². The van der Waals surface area contributed by atoms with E-state index in [1.54, 1.807) is 7.11 Å². The first-order chi connectivity index (χ1) is 15.7. The number of rotatable bonds is 8. The van der Waals surface area contributed by atoms with Crippen LogP contribution < -0.4 is 9.47 Å². The van der Waals surface area contributed by atoms with Gasteiger partial charge >= 0.3 is 0 Å². The maximum Gasteiger partial charge on any atom is 0.166 e. The van der Waals surface area contributed by atoms with Crippen molar-refractivity contribution < 1.29 is 14.6 Å². The second kappa shape index (κ2) is 9.74. The molecule has 3 atom stereocenters. The number of ether oxygens (including phenoxy) is 2. The predicted octanol–water partition coefficient (Wildman–Crippen LogP) is 4.27. The summed E-state index contributed by atoms with van der Waals surface area (Å²) in [4.78, 5) is 5.29. The molecule has 0 amide bonds. The Labute approximate surface area is 193 Å². The van der Waals surface area contributed by atoms with Crippen LogP contribution in [0.25, 0.3) is 0 Å². The van der Waals surface area contributed by atoms with Gasteiger partial charge in [-0.25, -0.2) is 0 Å². The number of piperidine rings is 1. The molecule has 5 nitrogen and oxygen atoms in total. The van der Waals surface area contributed by atoms with Crippen molar-refractivity contribution in [3.05, 3.63) is 35.4 Å². The lowest BCUT2D eigenvalue weighted by Crippen LogP contribution is -2.43. The van der Waals surface area contributed by atoms with E-state index >= 15 is 0 Å². The van der Waals surface area contributed by atoms with Crippen LogP contribution in [-0.2, 0) is 12.0 Å². The Hall–Kier alpha value is -1.56. The summed E-state index contributed by atoms with van der Waals surface area (Å²) < 4.78 is 12.1. The summed E-state index contributed by atoms with van der Waals surface area (Å²) in [5.41, 5.74) is 2.56. The van der Waals surface area contributed by atoms with E-state index < -0.39 is 6.10 Å². The zero-order valence-corrected chi connectivity index (χ0v) is 19.7. The Balaban J connectivity index is 1.20. The van der Waals surface area contributed by atoms with Crippen molar-refractivity contribution >= 4 is 0 Å². The molecule has 1 aromatic carbocycles. The van der Waals surface area contributed by atoms with Gasteiger partial charge in [0.05, 0.1) is 18.6 Å². The first-order valence-electron chi connectivity index (χ1n) is 12.9. The molecule has 3 heterocycles. The summed E-state index contributed by atoms with van der Waals surface area (Å²) in [6.45, 7) is 7.15. The van der Waals surface area contributed by atoms with E-state index in [0.29, 0.717) is 6.42 Å². The average molecular weight is 441 g/mol. The number of likely N-dealkylation sites (tertiary alicyclic amines) is 1. The fourth-order valence-electron chi connectivity index (χ4n) is 6.39. The summed E-state index contributed by atoms with van der Waals surface area (Å²) in [5, 5.41) is 10.2. The number of benzene rings is 1. The third kappa shape index (κ3) is 4.32. The van der Waals surface area contributed by atoms with Gasteiger partial charge in [-0.3, -0.25) is 4.90 Å². The Bertz CT molecular complexity index is 819. The largest absolute Gasteiger partial charge is 0.493 e. The monoisotopic (exact) mass is 440 g/mol. The maximum absolute atomic E-state index is 10.2. The highest BCUT2D eigenvalue weighted by Crippen LogP contribution is 2.55. The van der Waals surface area contributed by atoms with Crippen molar-refractivity contribution in [3.8, 4) is 11.5 Å². The molecule has 2 unspecified atom stereocenters. The third-order valence-electron chi connectivity index (χ3n) is 8.18. The fourth-order valence-corrected chi connectivity index (χ4v) is 6.39. The van der Waals surface area contributed by atoms with Gasteiger partial charge in [-0.05, 0) is 76.5 Å². The Morgan fingerprint density at radius 3 is 2.59 bits per heavy atom. The number of hydrogen-bond donors (Lipinski definition) is 1. The zero-order chi connectivity index (χ0) is 22.0. The van der Waals surface area contributed by atoms with Crippen LogP contribution in [0.5, 0.6) is 11.5 Å². The molecule has 1 spiro atoms. The number of aliphatic hydroxyl groups excluding tert-OH is 1. The molecule has 0 aromatic heterocycles. The first-order valence-corrected chi connectivity index (χ1v) is 12.9. The highest BCUT2D eigenvalue weighted by molar-refractivity contribution is 5.61. The molecule has 5 heteroatoms. The summed E-state index contributed by atoms with van der Waals surface area (Å²) >= 11 is 0. The van der Waals surface area contributed by atoms with Gasteiger partial charge in [0, 0.05) is 18.5 Å². The fraction of sp³-hybridized carbons (Fsp3) is 0.704. The molecule has 1 N–H and O–H groups in total. The Kier molecular flexibility index (Phi) is 6.77. The van der Waals surface area contributed by atoms with Gasteiger partial charge in [-0.15, -0.1) is 0 Å². The van der Waals surface area contributed by atoms with Gasteiger partial charge in [0.15, 0.2) is 11.5 Å². The van der Waals surface area contributed by atoms with Crippen molar-refractivity contribution in [2.75, 3.05) is 39.8 Å². The molecule has 1 aromatic rings. The van der Waals surface area contributed by atoms with Crippen molar-refractivity contribution in [2.24, 2.45) is 0 Å². The van der Waals surface area contributed by atoms with E-state index in [1.165, 1.54) is 82.3 Å². The van der Waals surface area contributed by atoms with E-state index in [4.69, 9.17) is 9.47 Å². The lowest BCUT2D eigenvalue weighted by Gasteiger charge is -2.36. The summed E-state index contributed by atoms with van der Waals surface area (Å²) in [7, 11) is 1.72. The van der Waals surface area contributed by atoms with Crippen molar-refractivity contribution in [1.29, 1.82) is 0 Å². The smallest absolute Gasteiger partial charge is 0.166 e. The van der Waals surface area contributed by atoms with Gasteiger partial charge in [-0.2, -0.15) is 0 Å². The molecule has 1 aliphatic carbocycles. The van der Waals surface area contributed by atoms with Crippen LogP contribution >= 0.6 is 0 Å². The highest BCUT2D eigenvalue weighted by atomic mass is 16.5. The highest BCUT2D eigenvalue weighted by Gasteiger charge is 2.52. The standard InChI is InChI=1S/C27H40N2O3/c1-31-23-10-9-21-20-29(17-6-3-2-5-14-28-15-7-4-8-16-28)18-13-27-12-11-22(30)19-24(27)32-26(23)25(21)27/h9-12,22,24,30H,2-8,13-20H2,1H3/t22?,24-,27?/m1/s1. The topological polar surface area (TPSA) is 45.2 Å². The molecule has 0 saturated carbocycles. The molecule has 1 fully saturated rings. The van der Waals surface area contributed by atoms with Gasteiger partial charge in [-0.1, -0.05) is 37.5 Å². The Morgan fingerprint density at radius 1 is 1.03 bits per heavy atom. The summed E-state index contributed by atoms with van der Waals surface area (Å²) in [5.74, 6) is 1.73. The zero-order valence-electron chi connectivity index (χ0n) is 19.7. The lowest BCUT2D eigenvalue weighted by molar-refractivity contribution is 0.0809. The predicted molar refractivity (Wildman–Crippen MR) is 128 cm³/mol. The number of unbranched alkanes of at least 4 members (excludes halogenated alkanes) is 3. The molecule has 176 valence electrons. The van der Waals surface area contributed by atoms with Crippen LogP contribution in [0.3, 0.4) is 0 Å². The quantitative estimate of drug-likeness (QED) is 0.483. The maximum atomic E-state index is 10.2. The first kappa shape index (κ1) is 22.2. The van der Waals surface area contributed by atoms with Crippen LogP contribution in [0.4, 0.5) is 0 Å². The van der Waals surface area contributed by atoms with Crippen LogP contribution in [0.1, 0.15) is 68.9 Å². The van der Waals surface area contributed by atoms with Gasteiger partial charge in [0.25, 0.3) is 0 Å². The van der Waals surface area contributed by atoms with Crippen molar-refractivity contribution in [1.82, 2.24) is 9.80 Å². The number of hydrogen-bond acceptors (Lipinski definition) is 5. The summed E-state index contributed by atoms with van der Waals surface area (Å²) in [6.07, 6.45) is 15.0. The minimum absolute atomic E-state index is 0.00212. The van der Waals surface area contributed by atoms with E-state index in [0.717, 1.165) is 31.0 Å². The lowest BCUT2D eigenvalue weighted by atomic mass is 9.69. The van der Waals surface area contributed by atoms with Crippen molar-refractivity contribution in [2.45, 2.75) is 82.0 Å². The minimum atomic E-state index is -0.418. The minimum Gasteiger partial charge on any atom is -0.493 e. The molecule has 5 rings (SSSR count). The molecule has 4 aliphatic rings. The number of methoxy groups -OCH3 is 1. The molecule has 3 aliphatic heterocycles. The number of nitrogens with zero attached hydrogens (tertiary/aromatic N) is 2. The molecule has 32 heavy (non-hydrogen) atoms. The Morgan fingerprint density at radius 2 is 1.81 bits per heavy atom. The molecular formula is C27H40N2O3. The average Bonchev–Trinajstić information content (AvgIpc) is 3.05. The van der Waals surface area contributed by atoms with Crippen LogP contribution in [0, 0.1) is 0 Å². The van der Waals surface area contributed by atoms with Gasteiger partial charge < -0.3 is 19.5 Å². The summed E-state index contributed by atoms with van der Waals surface area (Å²) in [6, 6.07) is 4.30. The van der Waals surface area contributed by atoms with Crippen LogP contribution in [0.2, 0.25) is 0 Å². The normalized spacial score (nSPS) is 29.8. The van der Waals surface area contributed by atoms with Gasteiger partial charge in [0.1, 0.15) is 6.10 Å². The second-order valence-corrected chi connectivity index (χ2v) is 10.3. The van der Waals surface area contributed by atoms with E-state index in [2.05, 4.69) is 28.0 Å². The molecular weight excluding hydrogens is 400 g/mol. The third-order valence-corrected chi connectivity index (χ3v) is 8.18. The van der Waals surface area contributed by atoms with Gasteiger partial charge in [0.2, 0.25) is 0 Å². The SMILES string of the molecule is COc1ccc2c3c1O[C@@H]1CC(O)C=CC31CCN(CCCCCCN1CCCCC1)C2. The second-order valence-electron chi connectivity index (χ2n) is 10.3. The number of aliphatic hydroxyl groups is 1. The molecule has 0 bridgehead atoms. The van der Waals surface area contributed by atoms with E-state index in [9.17, 15) is 5.11 Å². The van der Waals surface area contributed by atoms with Crippen LogP contribution in [-0.4, -0.2) is 66.9 Å². The molecule has 1 saturated heterocycles. The molecule has 0 radical (unpaired) electrons. The van der Waals surface area contributed by atoms with E-state index in [-0.39, 0.29) is 11.5 Å².